The molecular formula is C10H12ClN5O2. The Kier molecular flexibility index (Phi) is 5.72. The SMILES string of the molecule is NC(=O)N=NC(=O)N(CCCl)Cc1ccccn1. The van der Waals surface area contributed by atoms with Gasteiger partial charge in [0, 0.05) is 18.6 Å². The first-order chi connectivity index (χ1) is 8.63. The molecule has 18 heavy (non-hydrogen) atoms. The second kappa shape index (κ2) is 7.33. The summed E-state index contributed by atoms with van der Waals surface area (Å²) in [5.41, 5.74) is 5.44. The van der Waals surface area contributed by atoms with E-state index in [1.807, 2.05) is 0 Å². The highest BCUT2D eigenvalue weighted by atomic mass is 35.5. The van der Waals surface area contributed by atoms with Crippen molar-refractivity contribution in [3.63, 3.8) is 0 Å². The van der Waals surface area contributed by atoms with Crippen molar-refractivity contribution in [2.45, 2.75) is 6.54 Å². The molecule has 1 rings (SSSR count). The normalized spacial score (nSPS) is 10.5. The number of halogens is 1. The minimum Gasteiger partial charge on any atom is -0.348 e. The third-order valence-corrected chi connectivity index (χ3v) is 2.11. The minimum atomic E-state index is -1.02. The van der Waals surface area contributed by atoms with Crippen molar-refractivity contribution in [2.24, 2.45) is 16.0 Å². The average Bonchev–Trinajstić information content (AvgIpc) is 2.36. The monoisotopic (exact) mass is 269 g/mol. The molecule has 0 aliphatic carbocycles. The van der Waals surface area contributed by atoms with Crippen LogP contribution >= 0.6 is 11.6 Å². The van der Waals surface area contributed by atoms with Gasteiger partial charge in [-0.15, -0.1) is 11.6 Å². The highest BCUT2D eigenvalue weighted by Gasteiger charge is 2.13. The first kappa shape index (κ1) is 14.0. The molecular weight excluding hydrogens is 258 g/mol. The fourth-order valence-electron chi connectivity index (χ4n) is 1.19. The summed E-state index contributed by atoms with van der Waals surface area (Å²) >= 11 is 5.59. The Morgan fingerprint density at radius 1 is 1.39 bits per heavy atom. The van der Waals surface area contributed by atoms with Crippen LogP contribution in [0.25, 0.3) is 0 Å². The molecule has 0 aliphatic heterocycles. The standard InChI is InChI=1S/C10H12ClN5O2/c11-4-6-16(10(18)15-14-9(12)17)7-8-3-1-2-5-13-8/h1-3,5H,4,6-7H2,(H2,12,17). The number of aromatic nitrogens is 1. The van der Waals surface area contributed by atoms with E-state index in [0.29, 0.717) is 5.69 Å². The summed E-state index contributed by atoms with van der Waals surface area (Å²) in [6.07, 6.45) is 1.61. The van der Waals surface area contributed by atoms with Crippen LogP contribution in [0.2, 0.25) is 0 Å². The average molecular weight is 270 g/mol. The Morgan fingerprint density at radius 3 is 2.72 bits per heavy atom. The molecule has 96 valence electrons. The number of carbonyl (C=O) groups is 2. The van der Waals surface area contributed by atoms with E-state index in [9.17, 15) is 9.59 Å². The van der Waals surface area contributed by atoms with Crippen LogP contribution in [0, 0.1) is 0 Å². The summed E-state index contributed by atoms with van der Waals surface area (Å²) in [5, 5.41) is 6.17. The van der Waals surface area contributed by atoms with E-state index in [1.165, 1.54) is 4.90 Å². The van der Waals surface area contributed by atoms with E-state index in [0.717, 1.165) is 0 Å². The molecule has 2 N–H and O–H groups in total. The molecule has 7 nitrogen and oxygen atoms in total. The van der Waals surface area contributed by atoms with Gasteiger partial charge in [-0.25, -0.2) is 9.59 Å². The number of alkyl halides is 1. The Morgan fingerprint density at radius 2 is 2.17 bits per heavy atom. The third-order valence-electron chi connectivity index (χ3n) is 1.94. The lowest BCUT2D eigenvalue weighted by atomic mass is 10.3. The number of hydrogen-bond acceptors (Lipinski definition) is 3. The lowest BCUT2D eigenvalue weighted by Gasteiger charge is -2.17. The Bertz CT molecular complexity index is 437. The van der Waals surface area contributed by atoms with Crippen LogP contribution in [0.15, 0.2) is 34.6 Å². The molecule has 0 saturated carbocycles. The molecule has 0 saturated heterocycles. The molecule has 1 heterocycles. The van der Waals surface area contributed by atoms with Gasteiger partial charge in [-0.1, -0.05) is 16.3 Å². The van der Waals surface area contributed by atoms with Crippen molar-refractivity contribution >= 4 is 23.7 Å². The van der Waals surface area contributed by atoms with E-state index >= 15 is 0 Å². The van der Waals surface area contributed by atoms with Crippen LogP contribution in [0.3, 0.4) is 0 Å². The van der Waals surface area contributed by atoms with Gasteiger partial charge in [0.25, 0.3) is 0 Å². The zero-order valence-electron chi connectivity index (χ0n) is 9.49. The zero-order valence-corrected chi connectivity index (χ0v) is 10.2. The summed E-state index contributed by atoms with van der Waals surface area (Å²) in [6, 6.07) is 3.63. The fourth-order valence-corrected chi connectivity index (χ4v) is 1.39. The van der Waals surface area contributed by atoms with Crippen molar-refractivity contribution in [2.75, 3.05) is 12.4 Å². The fraction of sp³-hybridized carbons (Fsp3) is 0.300. The van der Waals surface area contributed by atoms with Gasteiger partial charge in [0.2, 0.25) is 0 Å². The van der Waals surface area contributed by atoms with Crippen molar-refractivity contribution in [1.29, 1.82) is 0 Å². The van der Waals surface area contributed by atoms with Crippen molar-refractivity contribution < 1.29 is 9.59 Å². The molecule has 0 unspecified atom stereocenters. The maximum absolute atomic E-state index is 11.6. The lowest BCUT2D eigenvalue weighted by molar-refractivity contribution is 0.205. The number of primary amides is 1. The van der Waals surface area contributed by atoms with Gasteiger partial charge in [0.15, 0.2) is 0 Å². The molecule has 1 aromatic heterocycles. The summed E-state index contributed by atoms with van der Waals surface area (Å²) in [4.78, 5) is 27.4. The molecule has 0 atom stereocenters. The molecule has 8 heteroatoms. The van der Waals surface area contributed by atoms with Gasteiger partial charge in [0.05, 0.1) is 12.2 Å². The number of rotatable bonds is 4. The van der Waals surface area contributed by atoms with Crippen LogP contribution < -0.4 is 5.73 Å². The van der Waals surface area contributed by atoms with E-state index in [2.05, 4.69) is 15.2 Å². The smallest absolute Gasteiger partial charge is 0.348 e. The molecule has 0 aliphatic rings. The van der Waals surface area contributed by atoms with Gasteiger partial charge < -0.3 is 10.6 Å². The first-order valence-electron chi connectivity index (χ1n) is 5.09. The summed E-state index contributed by atoms with van der Waals surface area (Å²) in [7, 11) is 0. The molecule has 4 amide bonds. The second-order valence-corrected chi connectivity index (χ2v) is 3.63. The molecule has 0 spiro atoms. The molecule has 0 aromatic carbocycles. The number of pyridine rings is 1. The van der Waals surface area contributed by atoms with Gasteiger partial charge in [-0.2, -0.15) is 0 Å². The first-order valence-corrected chi connectivity index (χ1v) is 5.63. The second-order valence-electron chi connectivity index (χ2n) is 3.25. The van der Waals surface area contributed by atoms with Crippen LogP contribution in [0.5, 0.6) is 0 Å². The van der Waals surface area contributed by atoms with Crippen LogP contribution in [-0.2, 0) is 6.54 Å². The van der Waals surface area contributed by atoms with E-state index in [1.54, 1.807) is 24.4 Å². The zero-order chi connectivity index (χ0) is 13.4. The largest absolute Gasteiger partial charge is 0.362 e. The van der Waals surface area contributed by atoms with Crippen molar-refractivity contribution in [1.82, 2.24) is 9.88 Å². The molecule has 1 aromatic rings. The molecule has 0 fully saturated rings. The Labute approximate surface area is 109 Å². The number of nitrogens with two attached hydrogens (primary N) is 1. The quantitative estimate of drug-likeness (QED) is 0.666. The van der Waals surface area contributed by atoms with Crippen LogP contribution in [0.4, 0.5) is 9.59 Å². The molecule has 0 bridgehead atoms. The maximum atomic E-state index is 11.6. The van der Waals surface area contributed by atoms with Crippen LogP contribution in [0.1, 0.15) is 5.69 Å². The Balaban J connectivity index is 2.70. The number of carbonyl (C=O) groups excluding carboxylic acids is 2. The number of urea groups is 2. The predicted octanol–water partition coefficient (Wildman–Crippen LogP) is 1.77. The summed E-state index contributed by atoms with van der Waals surface area (Å²) in [5.74, 6) is 0.241. The van der Waals surface area contributed by atoms with Crippen molar-refractivity contribution in [3.05, 3.63) is 30.1 Å². The third kappa shape index (κ3) is 4.88. The van der Waals surface area contributed by atoms with Crippen LogP contribution in [-0.4, -0.2) is 34.4 Å². The molecule has 0 radical (unpaired) electrons. The highest BCUT2D eigenvalue weighted by Crippen LogP contribution is 2.04. The van der Waals surface area contributed by atoms with Crippen molar-refractivity contribution in [3.8, 4) is 0 Å². The number of amides is 4. The van der Waals surface area contributed by atoms with Gasteiger partial charge in [-0.05, 0) is 12.1 Å². The maximum Gasteiger partial charge on any atom is 0.362 e. The topological polar surface area (TPSA) is 101 Å². The van der Waals surface area contributed by atoms with Gasteiger partial charge >= 0.3 is 12.1 Å². The predicted molar refractivity (Wildman–Crippen MR) is 65.2 cm³/mol. The lowest BCUT2D eigenvalue weighted by Crippen LogP contribution is -2.30. The number of hydrogen-bond donors (Lipinski definition) is 1. The summed E-state index contributed by atoms with van der Waals surface area (Å²) in [6.45, 7) is 0.513. The van der Waals surface area contributed by atoms with Gasteiger partial charge in [0.1, 0.15) is 0 Å². The highest BCUT2D eigenvalue weighted by molar-refractivity contribution is 6.18. The number of azo groups is 1. The van der Waals surface area contributed by atoms with E-state index in [4.69, 9.17) is 17.3 Å². The van der Waals surface area contributed by atoms with E-state index in [-0.39, 0.29) is 19.0 Å². The van der Waals surface area contributed by atoms with Gasteiger partial charge in [-0.3, -0.25) is 4.98 Å². The minimum absolute atomic E-state index is 0.240. The number of nitrogens with zero attached hydrogens (tertiary/aromatic N) is 4. The van der Waals surface area contributed by atoms with E-state index < -0.39 is 12.1 Å². The Hall–Kier alpha value is -2.02. The summed E-state index contributed by atoms with van der Waals surface area (Å²) < 4.78 is 0.